The van der Waals surface area contributed by atoms with Gasteiger partial charge in [0.1, 0.15) is 0 Å². The highest BCUT2D eigenvalue weighted by atomic mass is 16.5. The molecule has 164 valence electrons. The van der Waals surface area contributed by atoms with E-state index >= 15 is 0 Å². The Morgan fingerprint density at radius 2 is 1.94 bits per heavy atom. The number of methoxy groups -OCH3 is 1. The standard InChI is InChI=1S/C26H33N3O2/c1-4-29(5-2)20-12-9-18(10-13-20)25-22-8-6-7-21(22)23-17-19(11-14-24(23)28-25)26(30)27-15-16-31-3/h6-7,9-14,17,21-22,25,28H,4-5,8,15-16H2,1-3H3,(H,27,30). The number of rotatable bonds is 8. The highest BCUT2D eigenvalue weighted by Gasteiger charge is 2.38. The van der Waals surface area contributed by atoms with Gasteiger partial charge in [-0.2, -0.15) is 0 Å². The normalized spacial score (nSPS) is 21.2. The molecule has 0 radical (unpaired) electrons. The third-order valence-electron chi connectivity index (χ3n) is 6.60. The maximum absolute atomic E-state index is 12.5. The summed E-state index contributed by atoms with van der Waals surface area (Å²) in [6, 6.07) is 15.3. The van der Waals surface area contributed by atoms with E-state index in [2.05, 4.69) is 77.9 Å². The minimum absolute atomic E-state index is 0.0486. The molecule has 4 rings (SSSR count). The number of benzene rings is 2. The average Bonchev–Trinajstić information content (AvgIpc) is 3.30. The lowest BCUT2D eigenvalue weighted by atomic mass is 9.76. The summed E-state index contributed by atoms with van der Waals surface area (Å²) in [6.45, 7) is 7.44. The lowest BCUT2D eigenvalue weighted by Gasteiger charge is -2.38. The zero-order valence-corrected chi connectivity index (χ0v) is 18.7. The molecule has 0 aromatic heterocycles. The summed E-state index contributed by atoms with van der Waals surface area (Å²) in [4.78, 5) is 14.9. The Bertz CT molecular complexity index is 934. The lowest BCUT2D eigenvalue weighted by Crippen LogP contribution is -2.30. The van der Waals surface area contributed by atoms with Gasteiger partial charge in [0.15, 0.2) is 0 Å². The Morgan fingerprint density at radius 1 is 1.16 bits per heavy atom. The van der Waals surface area contributed by atoms with Crippen LogP contribution in [0.5, 0.6) is 0 Å². The molecule has 31 heavy (non-hydrogen) atoms. The van der Waals surface area contributed by atoms with Crippen molar-refractivity contribution in [2.45, 2.75) is 32.2 Å². The highest BCUT2D eigenvalue weighted by molar-refractivity contribution is 5.95. The Kier molecular flexibility index (Phi) is 6.62. The number of carbonyl (C=O) groups is 1. The highest BCUT2D eigenvalue weighted by Crippen LogP contribution is 2.50. The van der Waals surface area contributed by atoms with E-state index in [1.807, 2.05) is 6.07 Å². The number of nitrogens with one attached hydrogen (secondary N) is 2. The van der Waals surface area contributed by atoms with Crippen molar-refractivity contribution in [2.24, 2.45) is 5.92 Å². The van der Waals surface area contributed by atoms with E-state index in [0.29, 0.717) is 30.6 Å². The summed E-state index contributed by atoms with van der Waals surface area (Å²) >= 11 is 0. The first-order chi connectivity index (χ1) is 15.2. The molecule has 0 fully saturated rings. The molecule has 2 aromatic rings. The SMILES string of the molecule is CCN(CC)c1ccc(C2Nc3ccc(C(=O)NCCOC)cc3C3C=CCC32)cc1. The molecule has 0 bridgehead atoms. The predicted octanol–water partition coefficient (Wildman–Crippen LogP) is 4.74. The van der Waals surface area contributed by atoms with Crippen molar-refractivity contribution in [3.63, 3.8) is 0 Å². The monoisotopic (exact) mass is 419 g/mol. The predicted molar refractivity (Wildman–Crippen MR) is 127 cm³/mol. The van der Waals surface area contributed by atoms with Gasteiger partial charge in [-0.3, -0.25) is 4.79 Å². The molecule has 1 aliphatic heterocycles. The second-order valence-electron chi connectivity index (χ2n) is 8.29. The van der Waals surface area contributed by atoms with E-state index in [-0.39, 0.29) is 11.9 Å². The maximum atomic E-state index is 12.5. The number of hydrogen-bond acceptors (Lipinski definition) is 4. The van der Waals surface area contributed by atoms with Gasteiger partial charge in [-0.05, 0) is 67.6 Å². The van der Waals surface area contributed by atoms with Crippen LogP contribution in [0.15, 0.2) is 54.6 Å². The third-order valence-corrected chi connectivity index (χ3v) is 6.60. The fourth-order valence-corrected chi connectivity index (χ4v) is 4.92. The van der Waals surface area contributed by atoms with Crippen molar-refractivity contribution < 1.29 is 9.53 Å². The van der Waals surface area contributed by atoms with Crippen LogP contribution in [0.1, 0.15) is 53.7 Å². The minimum atomic E-state index is -0.0486. The van der Waals surface area contributed by atoms with Gasteiger partial charge in [0, 0.05) is 49.6 Å². The molecule has 1 heterocycles. The van der Waals surface area contributed by atoms with E-state index in [1.165, 1.54) is 16.8 Å². The first-order valence-electron chi connectivity index (χ1n) is 11.4. The van der Waals surface area contributed by atoms with Crippen LogP contribution in [-0.2, 0) is 4.74 Å². The Hall–Kier alpha value is -2.79. The van der Waals surface area contributed by atoms with Crippen molar-refractivity contribution in [3.05, 3.63) is 71.3 Å². The van der Waals surface area contributed by atoms with Gasteiger partial charge < -0.3 is 20.3 Å². The Morgan fingerprint density at radius 3 is 2.65 bits per heavy atom. The van der Waals surface area contributed by atoms with Crippen molar-refractivity contribution in [1.82, 2.24) is 5.32 Å². The van der Waals surface area contributed by atoms with Crippen LogP contribution >= 0.6 is 0 Å². The van der Waals surface area contributed by atoms with Crippen molar-refractivity contribution in [2.75, 3.05) is 43.6 Å². The second-order valence-corrected chi connectivity index (χ2v) is 8.29. The molecule has 2 N–H and O–H groups in total. The van der Waals surface area contributed by atoms with Crippen LogP contribution in [0, 0.1) is 5.92 Å². The molecule has 5 heteroatoms. The summed E-state index contributed by atoms with van der Waals surface area (Å²) in [7, 11) is 1.64. The lowest BCUT2D eigenvalue weighted by molar-refractivity contribution is 0.0937. The van der Waals surface area contributed by atoms with E-state index in [9.17, 15) is 4.79 Å². The van der Waals surface area contributed by atoms with Gasteiger partial charge in [0.2, 0.25) is 0 Å². The van der Waals surface area contributed by atoms with Gasteiger partial charge in [-0.1, -0.05) is 24.3 Å². The van der Waals surface area contributed by atoms with Crippen LogP contribution in [0.25, 0.3) is 0 Å². The molecule has 0 saturated carbocycles. The van der Waals surface area contributed by atoms with Gasteiger partial charge in [0.25, 0.3) is 5.91 Å². The molecule has 0 spiro atoms. The molecule has 2 aliphatic rings. The van der Waals surface area contributed by atoms with Crippen molar-refractivity contribution >= 4 is 17.3 Å². The van der Waals surface area contributed by atoms with Crippen LogP contribution in [0.3, 0.4) is 0 Å². The van der Waals surface area contributed by atoms with E-state index in [1.54, 1.807) is 7.11 Å². The summed E-state index contributed by atoms with van der Waals surface area (Å²) in [5.41, 5.74) is 5.64. The van der Waals surface area contributed by atoms with E-state index in [4.69, 9.17) is 4.74 Å². The van der Waals surface area contributed by atoms with Crippen molar-refractivity contribution in [3.8, 4) is 0 Å². The quantitative estimate of drug-likeness (QED) is 0.480. The molecule has 1 amide bonds. The number of ether oxygens (including phenoxy) is 1. The molecular weight excluding hydrogens is 386 g/mol. The number of hydrogen-bond donors (Lipinski definition) is 2. The van der Waals surface area contributed by atoms with Crippen LogP contribution in [-0.4, -0.2) is 39.3 Å². The molecule has 3 unspecified atom stereocenters. The minimum Gasteiger partial charge on any atom is -0.383 e. The Balaban J connectivity index is 1.57. The molecule has 1 aliphatic carbocycles. The molecule has 2 aromatic carbocycles. The zero-order chi connectivity index (χ0) is 21.8. The van der Waals surface area contributed by atoms with E-state index < -0.39 is 0 Å². The fourth-order valence-electron chi connectivity index (χ4n) is 4.92. The third kappa shape index (κ3) is 4.33. The number of amides is 1. The van der Waals surface area contributed by atoms with Gasteiger partial charge in [-0.25, -0.2) is 0 Å². The number of allylic oxidation sites excluding steroid dienone is 2. The van der Waals surface area contributed by atoms with Crippen molar-refractivity contribution in [1.29, 1.82) is 0 Å². The number of carbonyl (C=O) groups excluding carboxylic acids is 1. The number of fused-ring (bicyclic) bond motifs is 3. The summed E-state index contributed by atoms with van der Waals surface area (Å²) in [6.07, 6.45) is 5.65. The van der Waals surface area contributed by atoms with Crippen LogP contribution in [0.4, 0.5) is 11.4 Å². The van der Waals surface area contributed by atoms with Gasteiger partial charge >= 0.3 is 0 Å². The smallest absolute Gasteiger partial charge is 0.251 e. The van der Waals surface area contributed by atoms with Gasteiger partial charge in [0.05, 0.1) is 12.6 Å². The second kappa shape index (κ2) is 9.56. The number of anilines is 2. The maximum Gasteiger partial charge on any atom is 0.251 e. The average molecular weight is 420 g/mol. The molecule has 3 atom stereocenters. The summed E-state index contributed by atoms with van der Waals surface area (Å²) < 4.78 is 5.03. The van der Waals surface area contributed by atoms with Gasteiger partial charge in [-0.15, -0.1) is 0 Å². The summed E-state index contributed by atoms with van der Waals surface area (Å²) in [5, 5.41) is 6.69. The Labute approximate surface area is 185 Å². The molecule has 0 saturated heterocycles. The zero-order valence-electron chi connectivity index (χ0n) is 18.7. The number of nitrogens with zero attached hydrogens (tertiary/aromatic N) is 1. The topological polar surface area (TPSA) is 53.6 Å². The largest absolute Gasteiger partial charge is 0.383 e. The van der Waals surface area contributed by atoms with Crippen LogP contribution in [0.2, 0.25) is 0 Å². The summed E-state index contributed by atoms with van der Waals surface area (Å²) in [5.74, 6) is 0.738. The first kappa shape index (κ1) is 21.4. The van der Waals surface area contributed by atoms with Crippen LogP contribution < -0.4 is 15.5 Å². The van der Waals surface area contributed by atoms with E-state index in [0.717, 1.165) is 25.2 Å². The first-order valence-corrected chi connectivity index (χ1v) is 11.4. The molecule has 5 nitrogen and oxygen atoms in total. The fraction of sp³-hybridized carbons (Fsp3) is 0.423. The molecular formula is C26H33N3O2.